The van der Waals surface area contributed by atoms with Gasteiger partial charge in [-0.05, 0) is 42.2 Å². The van der Waals surface area contributed by atoms with E-state index in [0.717, 1.165) is 17.5 Å². The van der Waals surface area contributed by atoms with Crippen LogP contribution in [0.3, 0.4) is 0 Å². The highest BCUT2D eigenvalue weighted by atomic mass is 35.5. The summed E-state index contributed by atoms with van der Waals surface area (Å²) in [6.45, 7) is 4.73. The summed E-state index contributed by atoms with van der Waals surface area (Å²) in [5.74, 6) is 0.419. The molecule has 2 rings (SSSR count). The molecular formula is C23H27Cl3N2O2S. The van der Waals surface area contributed by atoms with Gasteiger partial charge >= 0.3 is 0 Å². The van der Waals surface area contributed by atoms with E-state index in [1.54, 1.807) is 29.2 Å². The second-order valence-corrected chi connectivity index (χ2v) is 9.23. The first kappa shape index (κ1) is 25.9. The fourth-order valence-electron chi connectivity index (χ4n) is 3.09. The number of rotatable bonds is 11. The lowest BCUT2D eigenvalue weighted by molar-refractivity contribution is -0.139. The minimum atomic E-state index is -0.570. The Kier molecular flexibility index (Phi) is 11.0. The number of amides is 2. The zero-order valence-corrected chi connectivity index (χ0v) is 20.8. The van der Waals surface area contributed by atoms with Crippen LogP contribution in [0.2, 0.25) is 15.1 Å². The molecule has 2 aromatic carbocycles. The maximum atomic E-state index is 13.2. The SMILES string of the molecule is CCCNC(=O)C(CC)N(Cc1ccccc1Cl)C(=O)CSCc1c(Cl)cccc1Cl. The van der Waals surface area contributed by atoms with Crippen molar-refractivity contribution in [2.75, 3.05) is 12.3 Å². The van der Waals surface area contributed by atoms with Crippen molar-refractivity contribution in [3.05, 3.63) is 68.7 Å². The summed E-state index contributed by atoms with van der Waals surface area (Å²) in [7, 11) is 0. The first-order chi connectivity index (χ1) is 14.9. The number of hydrogen-bond donors (Lipinski definition) is 1. The normalized spacial score (nSPS) is 11.8. The van der Waals surface area contributed by atoms with Crippen molar-refractivity contribution in [1.29, 1.82) is 0 Å². The predicted molar refractivity (Wildman–Crippen MR) is 132 cm³/mol. The highest BCUT2D eigenvalue weighted by Gasteiger charge is 2.28. The van der Waals surface area contributed by atoms with Crippen LogP contribution in [0.15, 0.2) is 42.5 Å². The van der Waals surface area contributed by atoms with Crippen molar-refractivity contribution in [2.45, 2.75) is 45.0 Å². The van der Waals surface area contributed by atoms with E-state index in [4.69, 9.17) is 34.8 Å². The Hall–Kier alpha value is -1.40. The van der Waals surface area contributed by atoms with Gasteiger partial charge in [-0.3, -0.25) is 9.59 Å². The molecular weight excluding hydrogens is 475 g/mol. The van der Waals surface area contributed by atoms with Crippen LogP contribution in [0.25, 0.3) is 0 Å². The monoisotopic (exact) mass is 500 g/mol. The van der Waals surface area contributed by atoms with Gasteiger partial charge in [0.1, 0.15) is 6.04 Å². The molecule has 0 aliphatic rings. The Morgan fingerprint density at radius 1 is 1.00 bits per heavy atom. The molecule has 1 unspecified atom stereocenters. The summed E-state index contributed by atoms with van der Waals surface area (Å²) in [6.07, 6.45) is 1.34. The average Bonchev–Trinajstić information content (AvgIpc) is 2.75. The van der Waals surface area contributed by atoms with Gasteiger partial charge in [0, 0.05) is 33.9 Å². The molecule has 0 spiro atoms. The van der Waals surface area contributed by atoms with Crippen molar-refractivity contribution < 1.29 is 9.59 Å². The second-order valence-electron chi connectivity index (χ2n) is 7.02. The lowest BCUT2D eigenvalue weighted by atomic mass is 10.1. The van der Waals surface area contributed by atoms with Gasteiger partial charge in [-0.25, -0.2) is 0 Å². The Morgan fingerprint density at radius 3 is 2.26 bits per heavy atom. The second kappa shape index (κ2) is 13.2. The minimum absolute atomic E-state index is 0.133. The summed E-state index contributed by atoms with van der Waals surface area (Å²) in [4.78, 5) is 27.6. The molecule has 1 atom stereocenters. The molecule has 8 heteroatoms. The first-order valence-corrected chi connectivity index (χ1v) is 12.5. The molecule has 0 bridgehead atoms. The van der Waals surface area contributed by atoms with Gasteiger partial charge < -0.3 is 10.2 Å². The van der Waals surface area contributed by atoms with Crippen LogP contribution < -0.4 is 5.32 Å². The molecule has 0 radical (unpaired) electrons. The highest BCUT2D eigenvalue weighted by Crippen LogP contribution is 2.28. The molecule has 0 saturated heterocycles. The number of carbonyl (C=O) groups is 2. The Bertz CT molecular complexity index is 875. The van der Waals surface area contributed by atoms with Crippen LogP contribution in [0.5, 0.6) is 0 Å². The van der Waals surface area contributed by atoms with Crippen molar-refractivity contribution >= 4 is 58.4 Å². The number of nitrogens with zero attached hydrogens (tertiary/aromatic N) is 1. The van der Waals surface area contributed by atoms with Crippen LogP contribution in [-0.2, 0) is 21.9 Å². The number of carbonyl (C=O) groups excluding carboxylic acids is 2. The smallest absolute Gasteiger partial charge is 0.242 e. The topological polar surface area (TPSA) is 49.4 Å². The van der Waals surface area contributed by atoms with E-state index in [1.807, 2.05) is 32.0 Å². The molecule has 0 aliphatic carbocycles. The first-order valence-electron chi connectivity index (χ1n) is 10.2. The largest absolute Gasteiger partial charge is 0.354 e. The third kappa shape index (κ3) is 7.60. The van der Waals surface area contributed by atoms with E-state index in [1.165, 1.54) is 11.8 Å². The maximum absolute atomic E-state index is 13.2. The molecule has 168 valence electrons. The molecule has 0 aliphatic heterocycles. The molecule has 31 heavy (non-hydrogen) atoms. The Morgan fingerprint density at radius 2 is 1.65 bits per heavy atom. The van der Waals surface area contributed by atoms with Crippen LogP contribution in [0, 0.1) is 0 Å². The van der Waals surface area contributed by atoms with Gasteiger partial charge in [0.2, 0.25) is 11.8 Å². The average molecular weight is 502 g/mol. The maximum Gasteiger partial charge on any atom is 0.242 e. The van der Waals surface area contributed by atoms with Crippen LogP contribution >= 0.6 is 46.6 Å². The number of halogens is 3. The molecule has 4 nitrogen and oxygen atoms in total. The third-order valence-electron chi connectivity index (χ3n) is 4.77. The molecule has 1 N–H and O–H groups in total. The van der Waals surface area contributed by atoms with Gasteiger partial charge in [0.05, 0.1) is 5.75 Å². The van der Waals surface area contributed by atoms with E-state index < -0.39 is 6.04 Å². The quantitative estimate of drug-likeness (QED) is 0.398. The van der Waals surface area contributed by atoms with Crippen LogP contribution in [-0.4, -0.2) is 35.1 Å². The van der Waals surface area contributed by atoms with Gasteiger partial charge in [-0.15, -0.1) is 11.8 Å². The summed E-state index contributed by atoms with van der Waals surface area (Å²) >= 11 is 20.2. The summed E-state index contributed by atoms with van der Waals surface area (Å²) < 4.78 is 0. The highest BCUT2D eigenvalue weighted by molar-refractivity contribution is 7.99. The van der Waals surface area contributed by atoms with Crippen molar-refractivity contribution in [1.82, 2.24) is 10.2 Å². The van der Waals surface area contributed by atoms with Gasteiger partial charge in [-0.2, -0.15) is 0 Å². The van der Waals surface area contributed by atoms with Crippen LogP contribution in [0.4, 0.5) is 0 Å². The zero-order valence-electron chi connectivity index (χ0n) is 17.7. The van der Waals surface area contributed by atoms with Gasteiger partial charge in [0.15, 0.2) is 0 Å². The summed E-state index contributed by atoms with van der Waals surface area (Å²) in [6, 6.07) is 12.1. The Labute approximate surface area is 203 Å². The lowest BCUT2D eigenvalue weighted by Gasteiger charge is -2.31. The van der Waals surface area contributed by atoms with Gasteiger partial charge in [0.25, 0.3) is 0 Å². The molecule has 0 aromatic heterocycles. The zero-order chi connectivity index (χ0) is 22.8. The third-order valence-corrected chi connectivity index (χ3v) is 6.79. The number of thioether (sulfide) groups is 1. The van der Waals surface area contributed by atoms with E-state index in [0.29, 0.717) is 33.8 Å². The molecule has 0 fully saturated rings. The summed E-state index contributed by atoms with van der Waals surface area (Å²) in [5, 5.41) is 4.63. The Balaban J connectivity index is 2.16. The van der Waals surface area contributed by atoms with Crippen molar-refractivity contribution in [2.24, 2.45) is 0 Å². The lowest BCUT2D eigenvalue weighted by Crippen LogP contribution is -2.49. The number of nitrogens with one attached hydrogen (secondary N) is 1. The molecule has 0 saturated carbocycles. The van der Waals surface area contributed by atoms with E-state index >= 15 is 0 Å². The van der Waals surface area contributed by atoms with Crippen molar-refractivity contribution in [3.8, 4) is 0 Å². The van der Waals surface area contributed by atoms with Crippen molar-refractivity contribution in [3.63, 3.8) is 0 Å². The fraction of sp³-hybridized carbons (Fsp3) is 0.391. The predicted octanol–water partition coefficient (Wildman–Crippen LogP) is 6.21. The molecule has 2 amide bonds. The molecule has 0 heterocycles. The van der Waals surface area contributed by atoms with Crippen LogP contribution in [0.1, 0.15) is 37.8 Å². The summed E-state index contributed by atoms with van der Waals surface area (Å²) in [5.41, 5.74) is 1.60. The number of benzene rings is 2. The standard InChI is InChI=1S/C23H27Cl3N2O2S/c1-3-12-27-23(30)21(4-2)28(13-16-8-5-6-9-18(16)24)22(29)15-31-14-17-19(25)10-7-11-20(17)26/h5-11,21H,3-4,12-15H2,1-2H3,(H,27,30). The van der Waals surface area contributed by atoms with Gasteiger partial charge in [-0.1, -0.05) is 72.9 Å². The van der Waals surface area contributed by atoms with E-state index in [-0.39, 0.29) is 24.1 Å². The number of hydrogen-bond acceptors (Lipinski definition) is 3. The van der Waals surface area contributed by atoms with E-state index in [2.05, 4.69) is 5.32 Å². The minimum Gasteiger partial charge on any atom is -0.354 e. The fourth-order valence-corrected chi connectivity index (χ4v) is 4.93. The van der Waals surface area contributed by atoms with E-state index in [9.17, 15) is 9.59 Å². The molecule has 2 aromatic rings.